The fourth-order valence-corrected chi connectivity index (χ4v) is 5.96. The van der Waals surface area contributed by atoms with Gasteiger partial charge in [-0.2, -0.15) is 9.29 Å². The first-order valence-corrected chi connectivity index (χ1v) is 10.3. The average molecular weight is 377 g/mol. The first-order valence-electron chi connectivity index (χ1n) is 8.86. The van der Waals surface area contributed by atoms with Crippen LogP contribution < -0.4 is 0 Å². The molecular weight excluding hydrogens is 354 g/mol. The summed E-state index contributed by atoms with van der Waals surface area (Å²) < 4.78 is 38.9. The number of sulfonamides is 1. The van der Waals surface area contributed by atoms with Crippen LogP contribution in [-0.4, -0.2) is 49.2 Å². The SMILES string of the molecule is Cc1nc(C2CN(S(=O)(=O)c3ccccc3C)CC23CCOCC3)no1. The zero-order valence-electron chi connectivity index (χ0n) is 15.0. The van der Waals surface area contributed by atoms with Gasteiger partial charge in [0.25, 0.3) is 0 Å². The van der Waals surface area contributed by atoms with Crippen LogP contribution in [0, 0.1) is 19.3 Å². The Kier molecular flexibility index (Phi) is 4.37. The number of ether oxygens (including phenoxy) is 1. The van der Waals surface area contributed by atoms with Crippen LogP contribution in [0.15, 0.2) is 33.7 Å². The third-order valence-electron chi connectivity index (χ3n) is 5.67. The second-order valence-corrected chi connectivity index (χ2v) is 9.17. The molecule has 0 N–H and O–H groups in total. The maximum absolute atomic E-state index is 13.3. The number of hydrogen-bond donors (Lipinski definition) is 0. The molecule has 8 heteroatoms. The van der Waals surface area contributed by atoms with Crippen LogP contribution >= 0.6 is 0 Å². The van der Waals surface area contributed by atoms with Crippen molar-refractivity contribution in [2.45, 2.75) is 37.5 Å². The highest BCUT2D eigenvalue weighted by atomic mass is 32.2. The Morgan fingerprint density at radius 2 is 1.92 bits per heavy atom. The molecule has 4 rings (SSSR count). The molecule has 0 amide bonds. The molecule has 2 fully saturated rings. The molecule has 2 aromatic rings. The number of aryl methyl sites for hydroxylation is 2. The fraction of sp³-hybridized carbons (Fsp3) is 0.556. The van der Waals surface area contributed by atoms with Crippen molar-refractivity contribution in [2.24, 2.45) is 5.41 Å². The highest BCUT2D eigenvalue weighted by Crippen LogP contribution is 2.50. The maximum atomic E-state index is 13.3. The average Bonchev–Trinajstić information content (AvgIpc) is 3.20. The Labute approximate surface area is 153 Å². The van der Waals surface area contributed by atoms with E-state index in [0.29, 0.717) is 42.9 Å². The molecule has 7 nitrogen and oxygen atoms in total. The Morgan fingerprint density at radius 1 is 1.19 bits per heavy atom. The number of benzene rings is 1. The molecule has 1 aromatic heterocycles. The van der Waals surface area contributed by atoms with Crippen LogP contribution in [0.4, 0.5) is 0 Å². The molecular formula is C18H23N3O4S. The Morgan fingerprint density at radius 3 is 2.58 bits per heavy atom. The summed E-state index contributed by atoms with van der Waals surface area (Å²) in [6, 6.07) is 7.11. The number of rotatable bonds is 3. The quantitative estimate of drug-likeness (QED) is 0.816. The van der Waals surface area contributed by atoms with Crippen molar-refractivity contribution < 1.29 is 17.7 Å². The van der Waals surface area contributed by atoms with Crippen molar-refractivity contribution in [2.75, 3.05) is 26.3 Å². The summed E-state index contributed by atoms with van der Waals surface area (Å²) >= 11 is 0. The second kappa shape index (κ2) is 6.44. The van der Waals surface area contributed by atoms with E-state index in [1.54, 1.807) is 23.4 Å². The standard InChI is InChI=1S/C18H23N3O4S/c1-13-5-3-4-6-16(13)26(22,23)21-11-15(17-19-14(2)25-20-17)18(12-21)7-9-24-10-8-18/h3-6,15H,7-12H2,1-2H3. The summed E-state index contributed by atoms with van der Waals surface area (Å²) in [6.07, 6.45) is 1.59. The molecule has 0 saturated carbocycles. The third-order valence-corrected chi connectivity index (χ3v) is 7.64. The lowest BCUT2D eigenvalue weighted by atomic mass is 9.72. The van der Waals surface area contributed by atoms with Crippen LogP contribution in [0.3, 0.4) is 0 Å². The van der Waals surface area contributed by atoms with Crippen LogP contribution in [0.5, 0.6) is 0 Å². The normalized spacial score (nSPS) is 23.5. The van der Waals surface area contributed by atoms with Crippen molar-refractivity contribution >= 4 is 10.0 Å². The van der Waals surface area contributed by atoms with E-state index in [1.807, 2.05) is 19.1 Å². The number of hydrogen-bond acceptors (Lipinski definition) is 6. The third kappa shape index (κ3) is 2.86. The lowest BCUT2D eigenvalue weighted by Gasteiger charge is -2.36. The van der Waals surface area contributed by atoms with Crippen LogP contribution in [-0.2, 0) is 14.8 Å². The molecule has 3 heterocycles. The molecule has 2 aliphatic heterocycles. The summed E-state index contributed by atoms with van der Waals surface area (Å²) in [5, 5.41) is 4.11. The lowest BCUT2D eigenvalue weighted by molar-refractivity contribution is 0.0132. The molecule has 2 saturated heterocycles. The van der Waals surface area contributed by atoms with E-state index in [0.717, 1.165) is 18.4 Å². The molecule has 1 aromatic carbocycles. The monoisotopic (exact) mass is 377 g/mol. The molecule has 140 valence electrons. The van der Waals surface area contributed by atoms with Gasteiger partial charge in [0, 0.05) is 39.1 Å². The first kappa shape index (κ1) is 17.6. The zero-order chi connectivity index (χ0) is 18.4. The van der Waals surface area contributed by atoms with Crippen LogP contribution in [0.1, 0.15) is 36.0 Å². The summed E-state index contributed by atoms with van der Waals surface area (Å²) in [5.74, 6) is 1.02. The van der Waals surface area contributed by atoms with Crippen LogP contribution in [0.25, 0.3) is 0 Å². The van der Waals surface area contributed by atoms with Gasteiger partial charge in [0.1, 0.15) is 0 Å². The molecule has 1 unspecified atom stereocenters. The van der Waals surface area contributed by atoms with E-state index in [4.69, 9.17) is 9.26 Å². The summed E-state index contributed by atoms with van der Waals surface area (Å²) in [5.41, 5.74) is 0.553. The zero-order valence-corrected chi connectivity index (χ0v) is 15.8. The predicted molar refractivity (Wildman–Crippen MR) is 94.2 cm³/mol. The van der Waals surface area contributed by atoms with Gasteiger partial charge in [-0.3, -0.25) is 0 Å². The van der Waals surface area contributed by atoms with Crippen molar-refractivity contribution in [3.05, 3.63) is 41.5 Å². The second-order valence-electron chi connectivity index (χ2n) is 7.26. The summed E-state index contributed by atoms with van der Waals surface area (Å²) in [4.78, 5) is 4.78. The van der Waals surface area contributed by atoms with Crippen molar-refractivity contribution in [1.29, 1.82) is 0 Å². The molecule has 1 spiro atoms. The molecule has 0 bridgehead atoms. The Balaban J connectivity index is 1.72. The minimum absolute atomic E-state index is 0.0809. The van der Waals surface area contributed by atoms with Crippen molar-refractivity contribution in [1.82, 2.24) is 14.4 Å². The summed E-state index contributed by atoms with van der Waals surface area (Å²) in [6.45, 7) is 5.68. The van der Waals surface area contributed by atoms with Gasteiger partial charge < -0.3 is 9.26 Å². The van der Waals surface area contributed by atoms with E-state index in [-0.39, 0.29) is 11.3 Å². The van der Waals surface area contributed by atoms with Crippen molar-refractivity contribution in [3.63, 3.8) is 0 Å². The van der Waals surface area contributed by atoms with Gasteiger partial charge in [-0.25, -0.2) is 8.42 Å². The molecule has 0 radical (unpaired) electrons. The predicted octanol–water partition coefficient (Wildman–Crippen LogP) is 2.27. The van der Waals surface area contributed by atoms with E-state index in [9.17, 15) is 8.42 Å². The smallest absolute Gasteiger partial charge is 0.243 e. The van der Waals surface area contributed by atoms with E-state index in [1.165, 1.54) is 0 Å². The minimum atomic E-state index is -3.57. The van der Waals surface area contributed by atoms with Gasteiger partial charge in [-0.05, 0) is 36.8 Å². The van der Waals surface area contributed by atoms with Crippen molar-refractivity contribution in [3.8, 4) is 0 Å². The largest absolute Gasteiger partial charge is 0.381 e. The molecule has 2 aliphatic rings. The van der Waals surface area contributed by atoms with Gasteiger partial charge in [0.15, 0.2) is 5.82 Å². The van der Waals surface area contributed by atoms with Gasteiger partial charge >= 0.3 is 0 Å². The fourth-order valence-electron chi connectivity index (χ4n) is 4.19. The minimum Gasteiger partial charge on any atom is -0.381 e. The van der Waals surface area contributed by atoms with Gasteiger partial charge in [0.2, 0.25) is 15.9 Å². The summed E-state index contributed by atoms with van der Waals surface area (Å²) in [7, 11) is -3.57. The van der Waals surface area contributed by atoms with Gasteiger partial charge in [0.05, 0.1) is 4.90 Å². The lowest BCUT2D eigenvalue weighted by Crippen LogP contribution is -2.37. The molecule has 0 aliphatic carbocycles. The highest BCUT2D eigenvalue weighted by Gasteiger charge is 2.53. The topological polar surface area (TPSA) is 85.5 Å². The molecule has 26 heavy (non-hydrogen) atoms. The molecule has 1 atom stereocenters. The van der Waals surface area contributed by atoms with E-state index in [2.05, 4.69) is 10.1 Å². The van der Waals surface area contributed by atoms with Gasteiger partial charge in [-0.1, -0.05) is 23.4 Å². The maximum Gasteiger partial charge on any atom is 0.243 e. The Hall–Kier alpha value is -1.77. The van der Waals surface area contributed by atoms with E-state index < -0.39 is 10.0 Å². The van der Waals surface area contributed by atoms with Gasteiger partial charge in [-0.15, -0.1) is 0 Å². The first-order chi connectivity index (χ1) is 12.4. The van der Waals surface area contributed by atoms with E-state index >= 15 is 0 Å². The van der Waals surface area contributed by atoms with Crippen LogP contribution in [0.2, 0.25) is 0 Å². The number of nitrogens with zero attached hydrogens (tertiary/aromatic N) is 3. The number of aromatic nitrogens is 2. The highest BCUT2D eigenvalue weighted by molar-refractivity contribution is 7.89. The Bertz CT molecular complexity index is 903.